The van der Waals surface area contributed by atoms with Gasteiger partial charge in [0.05, 0.1) is 0 Å². The second-order valence-corrected chi connectivity index (χ2v) is 4.65. The molecule has 0 aliphatic rings. The number of alkyl carbamates (subject to hydrolysis) is 1. The first-order valence-electron chi connectivity index (χ1n) is 5.11. The number of nitrogens with one attached hydrogen (secondary N) is 1. The predicted molar refractivity (Wildman–Crippen MR) is 71.1 cm³/mol. The third-order valence-electron chi connectivity index (χ3n) is 1.06. The molecule has 0 spiro atoms. The summed E-state index contributed by atoms with van der Waals surface area (Å²) in [6.45, 7) is 6.93. The largest absolute Gasteiger partial charge is 0.444 e. The highest BCUT2D eigenvalue weighted by Gasteiger charge is 2.14. The normalized spacial score (nSPS) is 9.47. The monoisotopic (exact) mass is 309 g/mol. The highest BCUT2D eigenvalue weighted by Crippen LogP contribution is 2.05. The Balaban J connectivity index is 0. The molecule has 0 saturated heterocycles. The molecular weight excluding hydrogens is 290 g/mol. The Kier molecular flexibility index (Phi) is 12.4. The summed E-state index contributed by atoms with van der Waals surface area (Å²) in [5.41, 5.74) is 12.1. The molecule has 3 N–H and O–H groups in total. The van der Waals surface area contributed by atoms with Gasteiger partial charge < -0.3 is 15.8 Å². The van der Waals surface area contributed by atoms with E-state index < -0.39 is 5.60 Å². The van der Waals surface area contributed by atoms with E-state index in [4.69, 9.17) is 16.0 Å². The molecule has 100 valence electrons. The summed E-state index contributed by atoms with van der Waals surface area (Å²) >= 11 is 3.19. The van der Waals surface area contributed by atoms with Crippen LogP contribution in [0, 0.1) is 0 Å². The fourth-order valence-electron chi connectivity index (χ4n) is 0.566. The first-order chi connectivity index (χ1) is 7.87. The highest BCUT2D eigenvalue weighted by molar-refractivity contribution is 9.09. The summed E-state index contributed by atoms with van der Waals surface area (Å²) < 4.78 is 4.97. The molecule has 0 radical (unpaired) electrons. The molecule has 17 heavy (non-hydrogen) atoms. The number of hydrogen-bond donors (Lipinski definition) is 2. The lowest BCUT2D eigenvalue weighted by Crippen LogP contribution is -2.33. The first kappa shape index (κ1) is 18.4. The van der Waals surface area contributed by atoms with Crippen LogP contribution < -0.4 is 11.1 Å². The topological polar surface area (TPSA) is 113 Å². The van der Waals surface area contributed by atoms with Crippen molar-refractivity contribution in [3.8, 4) is 0 Å². The predicted octanol–water partition coefficient (Wildman–Crippen LogP) is 2.16. The van der Waals surface area contributed by atoms with Crippen molar-refractivity contribution in [1.82, 2.24) is 5.32 Å². The van der Waals surface area contributed by atoms with Gasteiger partial charge in [0.2, 0.25) is 0 Å². The second-order valence-electron chi connectivity index (χ2n) is 3.86. The third kappa shape index (κ3) is 21.0. The van der Waals surface area contributed by atoms with Crippen molar-refractivity contribution in [2.24, 2.45) is 10.8 Å². The molecule has 0 bridgehead atoms. The van der Waals surface area contributed by atoms with Gasteiger partial charge in [-0.05, 0) is 32.8 Å². The number of nitrogens with zero attached hydrogens (tertiary/aromatic N) is 3. The molecule has 0 rings (SSSR count). The van der Waals surface area contributed by atoms with Crippen LogP contribution in [0.15, 0.2) is 5.11 Å². The Morgan fingerprint density at radius 1 is 1.59 bits per heavy atom. The van der Waals surface area contributed by atoms with Crippen LogP contribution in [-0.2, 0) is 4.74 Å². The van der Waals surface area contributed by atoms with Gasteiger partial charge in [0.1, 0.15) is 5.60 Å². The Labute approximate surface area is 110 Å². The highest BCUT2D eigenvalue weighted by atomic mass is 79.9. The fraction of sp³-hybridized carbons (Fsp3) is 0.889. The lowest BCUT2D eigenvalue weighted by molar-refractivity contribution is 0.0531. The van der Waals surface area contributed by atoms with Crippen LogP contribution in [-0.4, -0.2) is 36.7 Å². The summed E-state index contributed by atoms with van der Waals surface area (Å²) in [5.74, 6) is 0. The molecule has 0 aromatic heterocycles. The van der Waals surface area contributed by atoms with Crippen LogP contribution in [0.3, 0.4) is 0 Å². The molecule has 7 nitrogen and oxygen atoms in total. The summed E-state index contributed by atoms with van der Waals surface area (Å²) in [6, 6.07) is 0. The van der Waals surface area contributed by atoms with E-state index >= 15 is 0 Å². The third-order valence-corrected chi connectivity index (χ3v) is 1.45. The Morgan fingerprint density at radius 2 is 2.18 bits per heavy atom. The van der Waals surface area contributed by atoms with Crippen molar-refractivity contribution in [2.45, 2.75) is 26.4 Å². The molecular formula is C9H20BrN5O2. The maximum Gasteiger partial charge on any atom is 0.407 e. The molecule has 0 atom stereocenters. The number of alkyl halides is 1. The van der Waals surface area contributed by atoms with Gasteiger partial charge in [0.25, 0.3) is 0 Å². The van der Waals surface area contributed by atoms with E-state index in [1.165, 1.54) is 0 Å². The second kappa shape index (κ2) is 11.5. The van der Waals surface area contributed by atoms with Crippen molar-refractivity contribution >= 4 is 22.0 Å². The van der Waals surface area contributed by atoms with Gasteiger partial charge in [-0.15, -0.1) is 0 Å². The van der Waals surface area contributed by atoms with Gasteiger partial charge >= 0.3 is 6.09 Å². The van der Waals surface area contributed by atoms with E-state index in [1.54, 1.807) is 0 Å². The zero-order chi connectivity index (χ0) is 13.7. The van der Waals surface area contributed by atoms with Crippen LogP contribution in [0.4, 0.5) is 4.79 Å². The smallest absolute Gasteiger partial charge is 0.407 e. The van der Waals surface area contributed by atoms with E-state index in [2.05, 4.69) is 31.3 Å². The van der Waals surface area contributed by atoms with Gasteiger partial charge in [0, 0.05) is 23.3 Å². The molecule has 0 aliphatic carbocycles. The van der Waals surface area contributed by atoms with E-state index in [0.29, 0.717) is 19.6 Å². The summed E-state index contributed by atoms with van der Waals surface area (Å²) in [6.07, 6.45) is -0.364. The Hall–Kier alpha value is -0.980. The standard InChI is InChI=1S/C7H14BrNO2.C2H6N4/c1-7(2,3)11-6(10)9-5-4-8;3-1-2-5-6-4/h4-5H2,1-3H3,(H,9,10);1-3H2. The number of halogens is 1. The summed E-state index contributed by atoms with van der Waals surface area (Å²) in [4.78, 5) is 13.3. The number of nitrogens with two attached hydrogens (primary N) is 1. The molecule has 0 heterocycles. The van der Waals surface area contributed by atoms with E-state index in [9.17, 15) is 4.79 Å². The molecule has 0 unspecified atom stereocenters. The van der Waals surface area contributed by atoms with E-state index in [0.717, 1.165) is 5.33 Å². The molecule has 8 heteroatoms. The number of rotatable bonds is 4. The Morgan fingerprint density at radius 3 is 2.47 bits per heavy atom. The van der Waals surface area contributed by atoms with Gasteiger partial charge in [-0.3, -0.25) is 0 Å². The lowest BCUT2D eigenvalue weighted by Gasteiger charge is -2.19. The van der Waals surface area contributed by atoms with Gasteiger partial charge in [-0.1, -0.05) is 21.0 Å². The zero-order valence-corrected chi connectivity index (χ0v) is 12.0. The van der Waals surface area contributed by atoms with Crippen molar-refractivity contribution in [3.63, 3.8) is 0 Å². The SMILES string of the molecule is CC(C)(C)OC(=O)NCCBr.[N-]=[N+]=NCCN. The average molecular weight is 310 g/mol. The average Bonchev–Trinajstić information content (AvgIpc) is 2.22. The number of azide groups is 1. The number of carbonyl (C=O) groups excluding carboxylic acids is 1. The van der Waals surface area contributed by atoms with Crippen molar-refractivity contribution < 1.29 is 9.53 Å². The van der Waals surface area contributed by atoms with Crippen molar-refractivity contribution in [3.05, 3.63) is 10.4 Å². The van der Waals surface area contributed by atoms with Crippen LogP contribution in [0.25, 0.3) is 10.4 Å². The van der Waals surface area contributed by atoms with Gasteiger partial charge in [0.15, 0.2) is 0 Å². The van der Waals surface area contributed by atoms with E-state index in [-0.39, 0.29) is 6.09 Å². The van der Waals surface area contributed by atoms with Crippen molar-refractivity contribution in [2.75, 3.05) is 25.0 Å². The number of hydrogen-bond acceptors (Lipinski definition) is 4. The molecule has 0 aliphatic heterocycles. The first-order valence-corrected chi connectivity index (χ1v) is 6.23. The molecule has 0 aromatic carbocycles. The van der Waals surface area contributed by atoms with Crippen LogP contribution >= 0.6 is 15.9 Å². The molecule has 0 saturated carbocycles. The Bertz CT molecular complexity index is 248. The van der Waals surface area contributed by atoms with Gasteiger partial charge in [-0.25, -0.2) is 4.79 Å². The van der Waals surface area contributed by atoms with Crippen LogP contribution in [0.2, 0.25) is 0 Å². The quantitative estimate of drug-likeness (QED) is 0.359. The molecule has 0 fully saturated rings. The number of carbonyl (C=O) groups is 1. The number of amides is 1. The summed E-state index contributed by atoms with van der Waals surface area (Å²) in [7, 11) is 0. The van der Waals surface area contributed by atoms with Gasteiger partial charge in [-0.2, -0.15) is 0 Å². The summed E-state index contributed by atoms with van der Waals surface area (Å²) in [5, 5.41) is 6.47. The van der Waals surface area contributed by atoms with Crippen LogP contribution in [0.5, 0.6) is 0 Å². The van der Waals surface area contributed by atoms with Crippen LogP contribution in [0.1, 0.15) is 20.8 Å². The zero-order valence-electron chi connectivity index (χ0n) is 10.4. The lowest BCUT2D eigenvalue weighted by atomic mass is 10.2. The minimum Gasteiger partial charge on any atom is -0.444 e. The van der Waals surface area contributed by atoms with E-state index in [1.807, 2.05) is 20.8 Å². The maximum absolute atomic E-state index is 10.9. The molecule has 0 aromatic rings. The minimum atomic E-state index is -0.406. The number of ether oxygens (including phenoxy) is 1. The minimum absolute atomic E-state index is 0.364. The fourth-order valence-corrected chi connectivity index (χ4v) is 0.764. The maximum atomic E-state index is 10.9. The molecule has 1 amide bonds. The van der Waals surface area contributed by atoms with Crippen molar-refractivity contribution in [1.29, 1.82) is 0 Å².